The van der Waals surface area contributed by atoms with Crippen molar-refractivity contribution >= 4 is 27.3 Å². The standard InChI is InChI=1S/C14H15BrN2O/c15-12-4-5-13(16)14(7-12)17-8-10-2-1-3-11(6-10)9-18/h1-7,17-18H,8-9,16H2. The van der Waals surface area contributed by atoms with Gasteiger partial charge in [0.25, 0.3) is 0 Å². The Bertz CT molecular complexity index is 543. The van der Waals surface area contributed by atoms with Crippen LogP contribution in [0, 0.1) is 0 Å². The molecule has 0 aromatic heterocycles. The summed E-state index contributed by atoms with van der Waals surface area (Å²) in [5, 5.41) is 12.4. The first-order valence-electron chi connectivity index (χ1n) is 5.66. The van der Waals surface area contributed by atoms with E-state index in [-0.39, 0.29) is 6.61 Å². The highest BCUT2D eigenvalue weighted by Crippen LogP contribution is 2.23. The number of hydrogen-bond acceptors (Lipinski definition) is 3. The molecule has 0 atom stereocenters. The summed E-state index contributed by atoms with van der Waals surface area (Å²) in [4.78, 5) is 0. The predicted octanol–water partition coefficient (Wildman–Crippen LogP) is 3.14. The van der Waals surface area contributed by atoms with E-state index in [0.717, 1.165) is 27.0 Å². The fourth-order valence-electron chi connectivity index (χ4n) is 1.72. The van der Waals surface area contributed by atoms with Crippen LogP contribution in [0.2, 0.25) is 0 Å². The van der Waals surface area contributed by atoms with Gasteiger partial charge in [0.15, 0.2) is 0 Å². The third-order valence-corrected chi connectivity index (χ3v) is 3.17. The summed E-state index contributed by atoms with van der Waals surface area (Å²) >= 11 is 3.42. The molecule has 0 amide bonds. The number of nitrogens with one attached hydrogen (secondary N) is 1. The van der Waals surface area contributed by atoms with Crippen molar-refractivity contribution in [3.05, 3.63) is 58.1 Å². The maximum Gasteiger partial charge on any atom is 0.0681 e. The highest BCUT2D eigenvalue weighted by atomic mass is 79.9. The Morgan fingerprint density at radius 1 is 1.11 bits per heavy atom. The van der Waals surface area contributed by atoms with Crippen LogP contribution in [0.25, 0.3) is 0 Å². The molecule has 3 nitrogen and oxygen atoms in total. The molecule has 0 aliphatic rings. The fraction of sp³-hybridized carbons (Fsp3) is 0.143. The van der Waals surface area contributed by atoms with Gasteiger partial charge in [-0.15, -0.1) is 0 Å². The van der Waals surface area contributed by atoms with Gasteiger partial charge in [-0.25, -0.2) is 0 Å². The van der Waals surface area contributed by atoms with Crippen molar-refractivity contribution in [3.8, 4) is 0 Å². The minimum absolute atomic E-state index is 0.0624. The number of anilines is 2. The van der Waals surface area contributed by atoms with E-state index in [4.69, 9.17) is 10.8 Å². The minimum atomic E-state index is 0.0624. The molecular formula is C14H15BrN2O. The van der Waals surface area contributed by atoms with Gasteiger partial charge in [0.2, 0.25) is 0 Å². The molecule has 0 saturated heterocycles. The van der Waals surface area contributed by atoms with Crippen LogP contribution < -0.4 is 11.1 Å². The van der Waals surface area contributed by atoms with Gasteiger partial charge in [0.1, 0.15) is 0 Å². The molecule has 0 unspecified atom stereocenters. The lowest BCUT2D eigenvalue weighted by atomic mass is 10.1. The van der Waals surface area contributed by atoms with Crippen LogP contribution in [0.1, 0.15) is 11.1 Å². The average molecular weight is 307 g/mol. The molecule has 18 heavy (non-hydrogen) atoms. The summed E-state index contributed by atoms with van der Waals surface area (Å²) in [5.74, 6) is 0. The third kappa shape index (κ3) is 3.24. The number of halogens is 1. The summed E-state index contributed by atoms with van der Waals surface area (Å²) in [6.45, 7) is 0.737. The molecule has 0 bridgehead atoms. The minimum Gasteiger partial charge on any atom is -0.397 e. The monoisotopic (exact) mass is 306 g/mol. The van der Waals surface area contributed by atoms with Gasteiger partial charge in [0.05, 0.1) is 18.0 Å². The molecule has 4 heteroatoms. The van der Waals surface area contributed by atoms with Gasteiger partial charge in [-0.1, -0.05) is 40.2 Å². The van der Waals surface area contributed by atoms with E-state index in [1.54, 1.807) is 0 Å². The molecule has 2 rings (SSSR count). The fourth-order valence-corrected chi connectivity index (χ4v) is 2.08. The number of benzene rings is 2. The number of nitrogen functional groups attached to an aromatic ring is 1. The van der Waals surface area contributed by atoms with Crippen molar-refractivity contribution < 1.29 is 5.11 Å². The summed E-state index contributed by atoms with van der Waals surface area (Å²) in [5.41, 5.74) is 9.53. The highest BCUT2D eigenvalue weighted by Gasteiger charge is 2.00. The molecule has 2 aromatic carbocycles. The van der Waals surface area contributed by atoms with E-state index in [0.29, 0.717) is 6.54 Å². The number of rotatable bonds is 4. The molecular weight excluding hydrogens is 292 g/mol. The molecule has 0 radical (unpaired) electrons. The second-order valence-corrected chi connectivity index (χ2v) is 4.98. The van der Waals surface area contributed by atoms with Gasteiger partial charge in [-0.3, -0.25) is 0 Å². The Balaban J connectivity index is 2.08. The number of nitrogens with two attached hydrogens (primary N) is 1. The van der Waals surface area contributed by atoms with Crippen LogP contribution in [0.15, 0.2) is 46.9 Å². The Morgan fingerprint density at radius 2 is 1.89 bits per heavy atom. The van der Waals surface area contributed by atoms with Crippen molar-refractivity contribution in [2.24, 2.45) is 0 Å². The van der Waals surface area contributed by atoms with Crippen molar-refractivity contribution in [2.75, 3.05) is 11.1 Å². The van der Waals surface area contributed by atoms with Crippen LogP contribution >= 0.6 is 15.9 Å². The molecule has 0 saturated carbocycles. The maximum atomic E-state index is 9.08. The molecule has 0 aliphatic heterocycles. The zero-order chi connectivity index (χ0) is 13.0. The van der Waals surface area contributed by atoms with E-state index in [2.05, 4.69) is 21.2 Å². The third-order valence-electron chi connectivity index (χ3n) is 2.67. The lowest BCUT2D eigenvalue weighted by Gasteiger charge is -2.10. The second kappa shape index (κ2) is 5.89. The van der Waals surface area contributed by atoms with Gasteiger partial charge < -0.3 is 16.2 Å². The molecule has 0 fully saturated rings. The lowest BCUT2D eigenvalue weighted by Crippen LogP contribution is -2.02. The smallest absolute Gasteiger partial charge is 0.0681 e. The zero-order valence-electron chi connectivity index (χ0n) is 9.86. The SMILES string of the molecule is Nc1ccc(Br)cc1NCc1cccc(CO)c1. The van der Waals surface area contributed by atoms with E-state index in [1.807, 2.05) is 42.5 Å². The first-order valence-corrected chi connectivity index (χ1v) is 6.46. The summed E-state index contributed by atoms with van der Waals surface area (Å²) in [6, 6.07) is 13.5. The largest absolute Gasteiger partial charge is 0.397 e. The van der Waals surface area contributed by atoms with Crippen LogP contribution in [-0.2, 0) is 13.2 Å². The average Bonchev–Trinajstić information content (AvgIpc) is 2.40. The van der Waals surface area contributed by atoms with E-state index >= 15 is 0 Å². The van der Waals surface area contributed by atoms with Crippen molar-refractivity contribution in [1.82, 2.24) is 0 Å². The number of aliphatic hydroxyl groups is 1. The van der Waals surface area contributed by atoms with Gasteiger partial charge in [-0.05, 0) is 29.3 Å². The van der Waals surface area contributed by atoms with E-state index in [9.17, 15) is 0 Å². The Labute approximate surface area is 115 Å². The first-order chi connectivity index (χ1) is 8.69. The summed E-state index contributed by atoms with van der Waals surface area (Å²) in [6.07, 6.45) is 0. The molecule has 0 aliphatic carbocycles. The van der Waals surface area contributed by atoms with Crippen LogP contribution in [-0.4, -0.2) is 5.11 Å². The summed E-state index contributed by atoms with van der Waals surface area (Å²) in [7, 11) is 0. The Kier molecular flexibility index (Phi) is 4.23. The summed E-state index contributed by atoms with van der Waals surface area (Å²) < 4.78 is 0.989. The number of aliphatic hydroxyl groups excluding tert-OH is 1. The van der Waals surface area contributed by atoms with Crippen LogP contribution in [0.4, 0.5) is 11.4 Å². The topological polar surface area (TPSA) is 58.3 Å². The Morgan fingerprint density at radius 3 is 2.67 bits per heavy atom. The van der Waals surface area contributed by atoms with Gasteiger partial charge in [0, 0.05) is 11.0 Å². The molecule has 94 valence electrons. The lowest BCUT2D eigenvalue weighted by molar-refractivity contribution is 0.281. The first kappa shape index (κ1) is 12.9. The van der Waals surface area contributed by atoms with E-state index in [1.165, 1.54) is 0 Å². The second-order valence-electron chi connectivity index (χ2n) is 4.06. The van der Waals surface area contributed by atoms with Crippen LogP contribution in [0.5, 0.6) is 0 Å². The normalized spacial score (nSPS) is 10.3. The van der Waals surface area contributed by atoms with Crippen molar-refractivity contribution in [2.45, 2.75) is 13.2 Å². The Hall–Kier alpha value is -1.52. The maximum absolute atomic E-state index is 9.08. The highest BCUT2D eigenvalue weighted by molar-refractivity contribution is 9.10. The van der Waals surface area contributed by atoms with Crippen molar-refractivity contribution in [1.29, 1.82) is 0 Å². The van der Waals surface area contributed by atoms with E-state index < -0.39 is 0 Å². The molecule has 0 heterocycles. The molecule has 2 aromatic rings. The van der Waals surface area contributed by atoms with Gasteiger partial charge in [-0.2, -0.15) is 0 Å². The van der Waals surface area contributed by atoms with Crippen molar-refractivity contribution in [3.63, 3.8) is 0 Å². The van der Waals surface area contributed by atoms with Gasteiger partial charge >= 0.3 is 0 Å². The quantitative estimate of drug-likeness (QED) is 0.761. The van der Waals surface area contributed by atoms with Crippen LogP contribution in [0.3, 0.4) is 0 Å². The molecule has 0 spiro atoms. The molecule has 4 N–H and O–H groups in total. The predicted molar refractivity (Wildman–Crippen MR) is 78.2 cm³/mol. The zero-order valence-corrected chi connectivity index (χ0v) is 11.4. The number of hydrogen-bond donors (Lipinski definition) is 3.